The highest BCUT2D eigenvalue weighted by Gasteiger charge is 2.24. The fourth-order valence-electron chi connectivity index (χ4n) is 4.76. The lowest BCUT2D eigenvalue weighted by molar-refractivity contribution is 0.122. The number of ether oxygens (including phenoxy) is 1. The third-order valence-corrected chi connectivity index (χ3v) is 7.47. The number of anilines is 2. The van der Waals surface area contributed by atoms with E-state index in [4.69, 9.17) is 9.72 Å². The van der Waals surface area contributed by atoms with Crippen molar-refractivity contribution in [3.63, 3.8) is 0 Å². The van der Waals surface area contributed by atoms with Gasteiger partial charge in [-0.15, -0.1) is 0 Å². The molecular formula is C23H23FN4OS. The van der Waals surface area contributed by atoms with Gasteiger partial charge in [-0.2, -0.15) is 0 Å². The van der Waals surface area contributed by atoms with Crippen LogP contribution < -0.4 is 9.80 Å². The van der Waals surface area contributed by atoms with Crippen LogP contribution in [0.1, 0.15) is 11.3 Å². The summed E-state index contributed by atoms with van der Waals surface area (Å²) in [5.41, 5.74) is 5.87. The summed E-state index contributed by atoms with van der Waals surface area (Å²) in [5, 5.41) is 2.24. The minimum Gasteiger partial charge on any atom is -0.378 e. The Labute approximate surface area is 178 Å². The van der Waals surface area contributed by atoms with Gasteiger partial charge in [0.2, 0.25) is 0 Å². The Kier molecular flexibility index (Phi) is 4.21. The molecule has 0 spiro atoms. The summed E-state index contributed by atoms with van der Waals surface area (Å²) in [6.07, 6.45) is 0.955. The van der Waals surface area contributed by atoms with Gasteiger partial charge in [-0.3, -0.25) is 0 Å². The number of thiazole rings is 1. The van der Waals surface area contributed by atoms with Crippen LogP contribution in [0.3, 0.4) is 0 Å². The molecular weight excluding hydrogens is 399 g/mol. The third-order valence-electron chi connectivity index (χ3n) is 6.37. The van der Waals surface area contributed by atoms with Gasteiger partial charge in [0.25, 0.3) is 0 Å². The second kappa shape index (κ2) is 6.96. The second-order valence-corrected chi connectivity index (χ2v) is 9.07. The Morgan fingerprint density at radius 3 is 2.77 bits per heavy atom. The first-order chi connectivity index (χ1) is 14.7. The van der Waals surface area contributed by atoms with Gasteiger partial charge in [-0.1, -0.05) is 11.3 Å². The summed E-state index contributed by atoms with van der Waals surface area (Å²) in [6.45, 7) is 5.14. The molecule has 0 atom stereocenters. The molecule has 0 N–H and O–H groups in total. The van der Waals surface area contributed by atoms with E-state index in [9.17, 15) is 4.39 Å². The van der Waals surface area contributed by atoms with Crippen molar-refractivity contribution < 1.29 is 9.13 Å². The molecule has 0 aliphatic carbocycles. The summed E-state index contributed by atoms with van der Waals surface area (Å²) in [4.78, 5) is 9.65. The number of hydrogen-bond acceptors (Lipinski definition) is 5. The normalized spacial score (nSPS) is 17.1. The Morgan fingerprint density at radius 1 is 1.03 bits per heavy atom. The number of rotatable bonds is 2. The van der Waals surface area contributed by atoms with Crippen LogP contribution in [0.2, 0.25) is 0 Å². The zero-order valence-electron chi connectivity index (χ0n) is 16.9. The molecule has 30 heavy (non-hydrogen) atoms. The van der Waals surface area contributed by atoms with Crippen LogP contribution in [-0.4, -0.2) is 42.4 Å². The summed E-state index contributed by atoms with van der Waals surface area (Å²) in [5.74, 6) is -0.178. The van der Waals surface area contributed by atoms with Gasteiger partial charge in [-0.25, -0.2) is 9.37 Å². The van der Waals surface area contributed by atoms with E-state index in [-0.39, 0.29) is 5.82 Å². The maximum absolute atomic E-state index is 13.8. The van der Waals surface area contributed by atoms with Crippen LogP contribution in [0.4, 0.5) is 15.2 Å². The fraction of sp³-hybridized carbons (Fsp3) is 0.348. The SMILES string of the molecule is Cn1c2c(c3ccc(F)cc31)CN(c1ccc3sc(N4CCOCC4)nc3c1)CC2. The first kappa shape index (κ1) is 18.2. The lowest BCUT2D eigenvalue weighted by Gasteiger charge is -2.30. The average Bonchev–Trinajstić information content (AvgIpc) is 3.33. The molecule has 2 aliphatic heterocycles. The summed E-state index contributed by atoms with van der Waals surface area (Å²) in [7, 11) is 2.05. The second-order valence-electron chi connectivity index (χ2n) is 8.07. The largest absolute Gasteiger partial charge is 0.378 e. The zero-order valence-corrected chi connectivity index (χ0v) is 17.7. The molecule has 0 unspecified atom stereocenters. The Morgan fingerprint density at radius 2 is 1.90 bits per heavy atom. The smallest absolute Gasteiger partial charge is 0.186 e. The molecule has 0 saturated carbocycles. The number of nitrogens with zero attached hydrogens (tertiary/aromatic N) is 4. The van der Waals surface area contributed by atoms with Crippen molar-refractivity contribution in [2.45, 2.75) is 13.0 Å². The van der Waals surface area contributed by atoms with Crippen molar-refractivity contribution in [2.75, 3.05) is 42.6 Å². The van der Waals surface area contributed by atoms with Crippen molar-refractivity contribution >= 4 is 43.3 Å². The summed E-state index contributed by atoms with van der Waals surface area (Å²) in [6, 6.07) is 11.7. The third kappa shape index (κ3) is 2.87. The molecule has 2 aromatic heterocycles. The summed E-state index contributed by atoms with van der Waals surface area (Å²) >= 11 is 1.76. The van der Waals surface area contributed by atoms with Gasteiger partial charge in [-0.05, 0) is 36.4 Å². The number of morpholine rings is 1. The topological polar surface area (TPSA) is 33.5 Å². The molecule has 5 nitrogen and oxygen atoms in total. The number of halogens is 1. The van der Waals surface area contributed by atoms with Gasteiger partial charge < -0.3 is 19.1 Å². The monoisotopic (exact) mass is 422 g/mol. The molecule has 4 aromatic rings. The van der Waals surface area contributed by atoms with E-state index in [1.165, 1.54) is 21.6 Å². The molecule has 0 radical (unpaired) electrons. The Bertz CT molecular complexity index is 1260. The molecule has 1 fully saturated rings. The minimum absolute atomic E-state index is 0.178. The van der Waals surface area contributed by atoms with Crippen LogP contribution >= 0.6 is 11.3 Å². The molecule has 1 saturated heterocycles. The highest BCUT2D eigenvalue weighted by atomic mass is 32.1. The molecule has 2 aromatic carbocycles. The summed E-state index contributed by atoms with van der Waals surface area (Å²) < 4.78 is 22.6. The number of aromatic nitrogens is 2. The van der Waals surface area contributed by atoms with E-state index in [0.29, 0.717) is 0 Å². The average molecular weight is 423 g/mol. The minimum atomic E-state index is -0.178. The van der Waals surface area contributed by atoms with E-state index in [1.807, 2.05) is 13.1 Å². The molecule has 2 aliphatic rings. The van der Waals surface area contributed by atoms with E-state index in [2.05, 4.69) is 32.6 Å². The van der Waals surface area contributed by atoms with Gasteiger partial charge in [0.1, 0.15) is 5.82 Å². The molecule has 4 heterocycles. The number of hydrogen-bond donors (Lipinski definition) is 0. The van der Waals surface area contributed by atoms with Gasteiger partial charge in [0.05, 0.1) is 28.9 Å². The molecule has 154 valence electrons. The maximum Gasteiger partial charge on any atom is 0.186 e. The van der Waals surface area contributed by atoms with Crippen LogP contribution in [0, 0.1) is 5.82 Å². The predicted octanol–water partition coefficient (Wildman–Crippen LogP) is 4.33. The fourth-order valence-corrected chi connectivity index (χ4v) is 5.75. The highest BCUT2D eigenvalue weighted by molar-refractivity contribution is 7.22. The van der Waals surface area contributed by atoms with Crippen molar-refractivity contribution in [1.29, 1.82) is 0 Å². The molecule has 0 bridgehead atoms. The van der Waals surface area contributed by atoms with Crippen molar-refractivity contribution in [2.24, 2.45) is 7.05 Å². The maximum atomic E-state index is 13.8. The molecule has 0 amide bonds. The van der Waals surface area contributed by atoms with Crippen LogP contribution in [0.15, 0.2) is 36.4 Å². The standard InChI is InChI=1S/C23H23FN4OS/c1-26-20-6-7-28(14-18(20)17-4-2-15(24)12-21(17)26)16-3-5-22-19(13-16)25-23(30-22)27-8-10-29-11-9-27/h2-5,12-13H,6-11,14H2,1H3. The molecule has 7 heteroatoms. The number of aryl methyl sites for hydroxylation is 1. The predicted molar refractivity (Wildman–Crippen MR) is 120 cm³/mol. The number of fused-ring (bicyclic) bond motifs is 4. The van der Waals surface area contributed by atoms with E-state index >= 15 is 0 Å². The van der Waals surface area contributed by atoms with E-state index < -0.39 is 0 Å². The lowest BCUT2D eigenvalue weighted by Crippen LogP contribution is -2.36. The molecule has 6 rings (SSSR count). The number of benzene rings is 2. The van der Waals surface area contributed by atoms with Crippen molar-refractivity contribution in [1.82, 2.24) is 9.55 Å². The van der Waals surface area contributed by atoms with Gasteiger partial charge in [0.15, 0.2) is 5.13 Å². The lowest BCUT2D eigenvalue weighted by atomic mass is 10.0. The Balaban J connectivity index is 1.33. The first-order valence-electron chi connectivity index (χ1n) is 10.4. The first-order valence-corrected chi connectivity index (χ1v) is 11.2. The van der Waals surface area contributed by atoms with Crippen LogP contribution in [0.5, 0.6) is 0 Å². The van der Waals surface area contributed by atoms with Crippen molar-refractivity contribution in [3.05, 3.63) is 53.5 Å². The van der Waals surface area contributed by atoms with E-state index in [1.54, 1.807) is 23.5 Å². The van der Waals surface area contributed by atoms with Crippen LogP contribution in [-0.2, 0) is 24.8 Å². The van der Waals surface area contributed by atoms with Gasteiger partial charge in [0, 0.05) is 62.0 Å². The zero-order chi connectivity index (χ0) is 20.2. The Hall–Kier alpha value is -2.64. The van der Waals surface area contributed by atoms with Crippen LogP contribution in [0.25, 0.3) is 21.1 Å². The highest BCUT2D eigenvalue weighted by Crippen LogP contribution is 2.35. The quantitative estimate of drug-likeness (QED) is 0.482. The van der Waals surface area contributed by atoms with Gasteiger partial charge >= 0.3 is 0 Å². The van der Waals surface area contributed by atoms with Crippen molar-refractivity contribution in [3.8, 4) is 0 Å². The van der Waals surface area contributed by atoms with E-state index in [0.717, 1.165) is 67.4 Å².